The van der Waals surface area contributed by atoms with E-state index in [9.17, 15) is 14.7 Å². The first kappa shape index (κ1) is 19.5. The van der Waals surface area contributed by atoms with Gasteiger partial charge >= 0.3 is 0 Å². The van der Waals surface area contributed by atoms with E-state index in [0.717, 1.165) is 23.3 Å². The summed E-state index contributed by atoms with van der Waals surface area (Å²) in [5, 5.41) is 13.4. The van der Waals surface area contributed by atoms with Crippen LogP contribution in [0.5, 0.6) is 5.75 Å². The Balaban J connectivity index is 1.54. The van der Waals surface area contributed by atoms with Gasteiger partial charge in [-0.15, -0.1) is 0 Å². The average Bonchev–Trinajstić information content (AvgIpc) is 2.77. The Morgan fingerprint density at radius 3 is 2.69 bits per heavy atom. The summed E-state index contributed by atoms with van der Waals surface area (Å²) < 4.78 is 5.42. The number of piperidine rings is 2. The van der Waals surface area contributed by atoms with Gasteiger partial charge in [-0.1, -0.05) is 30.3 Å². The third kappa shape index (κ3) is 3.49. The van der Waals surface area contributed by atoms with E-state index >= 15 is 0 Å². The largest absolute Gasteiger partial charge is 0.496 e. The van der Waals surface area contributed by atoms with Gasteiger partial charge in [0.1, 0.15) is 5.75 Å². The number of carbonyl (C=O) groups is 2. The zero-order valence-electron chi connectivity index (χ0n) is 16.6. The molecule has 4 rings (SSSR count). The van der Waals surface area contributed by atoms with E-state index in [1.54, 1.807) is 12.0 Å². The van der Waals surface area contributed by atoms with Gasteiger partial charge in [-0.3, -0.25) is 9.59 Å². The number of ether oxygens (including phenoxy) is 1. The Morgan fingerprint density at radius 1 is 1.21 bits per heavy atom. The second-order valence-electron chi connectivity index (χ2n) is 7.82. The number of hydrogen-bond acceptors (Lipinski definition) is 4. The van der Waals surface area contributed by atoms with Crippen molar-refractivity contribution in [3.05, 3.63) is 54.1 Å². The van der Waals surface area contributed by atoms with Crippen LogP contribution in [-0.2, 0) is 4.79 Å². The topological polar surface area (TPSA) is 78.9 Å². The number of hydrogen-bond donors (Lipinski definition) is 2. The van der Waals surface area contributed by atoms with Crippen molar-refractivity contribution in [1.29, 1.82) is 0 Å². The van der Waals surface area contributed by atoms with E-state index in [0.29, 0.717) is 31.5 Å². The zero-order valence-corrected chi connectivity index (χ0v) is 16.6. The fraction of sp³-hybridized carbons (Fsp3) is 0.391. The molecule has 1 spiro atoms. The summed E-state index contributed by atoms with van der Waals surface area (Å²) in [5.41, 5.74) is 1.62. The first-order chi connectivity index (χ1) is 14.0. The van der Waals surface area contributed by atoms with Crippen molar-refractivity contribution in [2.45, 2.75) is 25.4 Å². The monoisotopic (exact) mass is 394 g/mol. The molecule has 2 fully saturated rings. The van der Waals surface area contributed by atoms with Gasteiger partial charge in [0.15, 0.2) is 0 Å². The quantitative estimate of drug-likeness (QED) is 0.838. The molecule has 2 amide bonds. The average molecular weight is 394 g/mol. The number of nitrogens with one attached hydrogen (secondary N) is 1. The number of para-hydroxylation sites is 1. The van der Waals surface area contributed by atoms with Crippen LogP contribution in [0, 0.1) is 5.41 Å². The maximum atomic E-state index is 13.1. The SMILES string of the molecule is COc1ccccc1-c1ccc(C(=O)N2CC[C@H](O)[C@@]3(CCCNC3=O)C2)cc1. The summed E-state index contributed by atoms with van der Waals surface area (Å²) in [6.07, 6.45) is 1.13. The molecule has 2 aliphatic heterocycles. The van der Waals surface area contributed by atoms with Crippen LogP contribution < -0.4 is 10.1 Å². The first-order valence-electron chi connectivity index (χ1n) is 10.0. The summed E-state index contributed by atoms with van der Waals surface area (Å²) in [5.74, 6) is 0.531. The number of likely N-dealkylation sites (tertiary alicyclic amines) is 1. The van der Waals surface area contributed by atoms with Crippen molar-refractivity contribution >= 4 is 11.8 Å². The molecule has 0 saturated carbocycles. The zero-order chi connectivity index (χ0) is 20.4. The molecule has 152 valence electrons. The van der Waals surface area contributed by atoms with Crippen LogP contribution in [-0.4, -0.2) is 54.7 Å². The second-order valence-corrected chi connectivity index (χ2v) is 7.82. The normalized spacial score (nSPS) is 24.3. The molecule has 29 heavy (non-hydrogen) atoms. The molecule has 2 aromatic rings. The Labute approximate surface area is 170 Å². The Kier molecular flexibility index (Phi) is 5.28. The number of aliphatic hydroxyl groups is 1. The predicted octanol–water partition coefficient (Wildman–Crippen LogP) is 2.47. The van der Waals surface area contributed by atoms with Gasteiger partial charge in [0, 0.05) is 30.8 Å². The highest BCUT2D eigenvalue weighted by Crippen LogP contribution is 2.38. The maximum Gasteiger partial charge on any atom is 0.253 e. The van der Waals surface area contributed by atoms with Gasteiger partial charge in [0.25, 0.3) is 5.91 Å². The Bertz CT molecular complexity index is 911. The fourth-order valence-corrected chi connectivity index (χ4v) is 4.47. The molecule has 0 unspecified atom stereocenters. The standard InChI is InChI=1S/C23H26N2O4/c1-29-19-6-3-2-5-18(19)16-7-9-17(10-8-16)21(27)25-14-11-20(26)23(15-25)12-4-13-24-22(23)28/h2-3,5-10,20,26H,4,11-15H2,1H3,(H,24,28)/t20-,23+/m0/s1. The minimum Gasteiger partial charge on any atom is -0.496 e. The van der Waals surface area contributed by atoms with E-state index in [1.165, 1.54) is 0 Å². The molecule has 2 aromatic carbocycles. The van der Waals surface area contributed by atoms with Crippen molar-refractivity contribution in [2.75, 3.05) is 26.7 Å². The summed E-state index contributed by atoms with van der Waals surface area (Å²) in [6.45, 7) is 1.34. The summed E-state index contributed by atoms with van der Waals surface area (Å²) in [6, 6.07) is 15.2. The van der Waals surface area contributed by atoms with Gasteiger partial charge in [-0.2, -0.15) is 0 Å². The number of rotatable bonds is 3. The van der Waals surface area contributed by atoms with Crippen LogP contribution in [0.15, 0.2) is 48.5 Å². The van der Waals surface area contributed by atoms with Crippen LogP contribution >= 0.6 is 0 Å². The van der Waals surface area contributed by atoms with Crippen molar-refractivity contribution in [3.8, 4) is 16.9 Å². The smallest absolute Gasteiger partial charge is 0.253 e. The van der Waals surface area contributed by atoms with Crippen LogP contribution in [0.25, 0.3) is 11.1 Å². The molecule has 6 heteroatoms. The number of amides is 2. The Hall–Kier alpha value is -2.86. The number of methoxy groups -OCH3 is 1. The van der Waals surface area contributed by atoms with Gasteiger partial charge in [0.2, 0.25) is 5.91 Å². The highest BCUT2D eigenvalue weighted by Gasteiger charge is 2.50. The van der Waals surface area contributed by atoms with Gasteiger partial charge in [-0.05, 0) is 43.0 Å². The molecule has 2 saturated heterocycles. The maximum absolute atomic E-state index is 13.1. The van der Waals surface area contributed by atoms with Crippen LogP contribution in [0.1, 0.15) is 29.6 Å². The molecule has 0 aliphatic carbocycles. The highest BCUT2D eigenvalue weighted by atomic mass is 16.5. The molecule has 2 N–H and O–H groups in total. The van der Waals surface area contributed by atoms with Crippen LogP contribution in [0.4, 0.5) is 0 Å². The predicted molar refractivity (Wildman–Crippen MR) is 110 cm³/mol. The summed E-state index contributed by atoms with van der Waals surface area (Å²) in [4.78, 5) is 27.3. The highest BCUT2D eigenvalue weighted by molar-refractivity contribution is 5.95. The lowest BCUT2D eigenvalue weighted by Gasteiger charge is -2.46. The lowest BCUT2D eigenvalue weighted by atomic mass is 9.71. The molecular formula is C23H26N2O4. The molecule has 0 aromatic heterocycles. The van der Waals surface area contributed by atoms with E-state index in [2.05, 4.69) is 5.32 Å². The third-order valence-electron chi connectivity index (χ3n) is 6.16. The number of aliphatic hydroxyl groups excluding tert-OH is 1. The summed E-state index contributed by atoms with van der Waals surface area (Å²) >= 11 is 0. The van der Waals surface area contributed by atoms with Gasteiger partial charge < -0.3 is 20.1 Å². The number of carbonyl (C=O) groups excluding carboxylic acids is 2. The molecule has 2 aliphatic rings. The number of nitrogens with zero attached hydrogens (tertiary/aromatic N) is 1. The summed E-state index contributed by atoms with van der Waals surface area (Å²) in [7, 11) is 1.64. The molecular weight excluding hydrogens is 368 g/mol. The third-order valence-corrected chi connectivity index (χ3v) is 6.16. The lowest BCUT2D eigenvalue weighted by Crippen LogP contribution is -2.62. The van der Waals surface area contributed by atoms with E-state index in [1.807, 2.05) is 48.5 Å². The van der Waals surface area contributed by atoms with E-state index < -0.39 is 11.5 Å². The van der Waals surface area contributed by atoms with E-state index in [4.69, 9.17) is 4.74 Å². The molecule has 6 nitrogen and oxygen atoms in total. The van der Waals surface area contributed by atoms with E-state index in [-0.39, 0.29) is 18.4 Å². The van der Waals surface area contributed by atoms with Crippen molar-refractivity contribution in [1.82, 2.24) is 10.2 Å². The minimum absolute atomic E-state index is 0.110. The van der Waals surface area contributed by atoms with Crippen molar-refractivity contribution < 1.29 is 19.4 Å². The molecule has 2 atom stereocenters. The van der Waals surface area contributed by atoms with Crippen molar-refractivity contribution in [3.63, 3.8) is 0 Å². The minimum atomic E-state index is -0.885. The molecule has 0 bridgehead atoms. The fourth-order valence-electron chi connectivity index (χ4n) is 4.47. The number of benzene rings is 2. The lowest BCUT2D eigenvalue weighted by molar-refractivity contribution is -0.147. The van der Waals surface area contributed by atoms with Crippen LogP contribution in [0.3, 0.4) is 0 Å². The Morgan fingerprint density at radius 2 is 1.97 bits per heavy atom. The van der Waals surface area contributed by atoms with Crippen molar-refractivity contribution in [2.24, 2.45) is 5.41 Å². The first-order valence-corrected chi connectivity index (χ1v) is 10.0. The second kappa shape index (κ2) is 7.87. The van der Waals surface area contributed by atoms with Crippen LogP contribution in [0.2, 0.25) is 0 Å². The molecule has 0 radical (unpaired) electrons. The molecule has 2 heterocycles. The van der Waals surface area contributed by atoms with Gasteiger partial charge in [0.05, 0.1) is 18.6 Å². The van der Waals surface area contributed by atoms with Gasteiger partial charge in [-0.25, -0.2) is 0 Å².